The number of carbonyl (C=O) groups excluding carboxylic acids is 2. The minimum absolute atomic E-state index is 0.0686. The first-order valence-corrected chi connectivity index (χ1v) is 5.28. The number of amides is 2. The summed E-state index contributed by atoms with van der Waals surface area (Å²) in [5.41, 5.74) is 0.355. The van der Waals surface area contributed by atoms with Gasteiger partial charge in [0.2, 0.25) is 0 Å². The molecule has 1 aliphatic rings. The van der Waals surface area contributed by atoms with Gasteiger partial charge in [-0.25, -0.2) is 0 Å². The molecule has 0 aliphatic carbocycles. The molecule has 7 heteroatoms. The molecular weight excluding hydrogens is 260 g/mol. The van der Waals surface area contributed by atoms with E-state index in [2.05, 4.69) is 0 Å². The maximum atomic E-state index is 11.8. The quantitative estimate of drug-likeness (QED) is 0.462. The molecule has 1 heterocycles. The lowest BCUT2D eigenvalue weighted by Crippen LogP contribution is -2.26. The largest absolute Gasteiger partial charge is 0.277 e. The molecule has 0 saturated heterocycles. The van der Waals surface area contributed by atoms with Crippen LogP contribution >= 0.6 is 11.6 Å². The Labute approximate surface area is 107 Å². The van der Waals surface area contributed by atoms with Crippen molar-refractivity contribution in [3.8, 4) is 0 Å². The van der Waals surface area contributed by atoms with Gasteiger partial charge in [-0.05, 0) is 17.7 Å². The Kier molecular flexibility index (Phi) is 2.88. The van der Waals surface area contributed by atoms with Crippen LogP contribution in [0.3, 0.4) is 0 Å². The van der Waals surface area contributed by atoms with Crippen LogP contribution in [0.4, 0.5) is 5.69 Å². The molecule has 0 unspecified atom stereocenters. The number of likely N-dealkylation sites (N-methyl/N-ethyl adjacent to an activating group) is 1. The molecule has 0 aromatic heterocycles. The predicted molar refractivity (Wildman–Crippen MR) is 63.6 cm³/mol. The first-order chi connectivity index (χ1) is 8.43. The van der Waals surface area contributed by atoms with Crippen molar-refractivity contribution in [1.29, 1.82) is 0 Å². The van der Waals surface area contributed by atoms with E-state index in [0.717, 1.165) is 4.90 Å². The summed E-state index contributed by atoms with van der Waals surface area (Å²) in [6.07, 6.45) is 0. The number of nitro benzene ring substituents is 1. The predicted octanol–water partition coefficient (Wildman–Crippen LogP) is 1.54. The molecule has 0 N–H and O–H groups in total. The number of non-ortho nitro benzene ring substituents is 1. The smallest absolute Gasteiger partial charge is 0.272 e. The number of benzene rings is 1. The van der Waals surface area contributed by atoms with Crippen LogP contribution in [0.15, 0.2) is 29.3 Å². The number of hydrogen-bond donors (Lipinski definition) is 0. The van der Waals surface area contributed by atoms with E-state index in [-0.39, 0.29) is 16.3 Å². The van der Waals surface area contributed by atoms with Crippen LogP contribution in [0.25, 0.3) is 5.57 Å². The van der Waals surface area contributed by atoms with Gasteiger partial charge in [0.05, 0.1) is 10.5 Å². The van der Waals surface area contributed by atoms with E-state index in [1.807, 2.05) is 0 Å². The zero-order valence-corrected chi connectivity index (χ0v) is 9.97. The highest BCUT2D eigenvalue weighted by Gasteiger charge is 2.35. The van der Waals surface area contributed by atoms with Gasteiger partial charge in [0.1, 0.15) is 5.03 Å². The van der Waals surface area contributed by atoms with Crippen LogP contribution in [0.2, 0.25) is 0 Å². The highest BCUT2D eigenvalue weighted by molar-refractivity contribution is 6.55. The fourth-order valence-corrected chi connectivity index (χ4v) is 1.92. The number of imide groups is 1. The van der Waals surface area contributed by atoms with Gasteiger partial charge in [0.25, 0.3) is 17.5 Å². The van der Waals surface area contributed by atoms with Crippen molar-refractivity contribution in [3.63, 3.8) is 0 Å². The molecule has 0 atom stereocenters. The summed E-state index contributed by atoms with van der Waals surface area (Å²) in [6, 6.07) is 5.28. The maximum absolute atomic E-state index is 11.8. The fraction of sp³-hybridized carbons (Fsp3) is 0.0909. The van der Waals surface area contributed by atoms with Crippen molar-refractivity contribution < 1.29 is 14.5 Å². The molecule has 0 bridgehead atoms. The maximum Gasteiger partial charge on any atom is 0.272 e. The van der Waals surface area contributed by atoms with Gasteiger partial charge in [-0.1, -0.05) is 11.6 Å². The van der Waals surface area contributed by atoms with Gasteiger partial charge in [-0.3, -0.25) is 24.6 Å². The molecule has 1 aliphatic heterocycles. The Morgan fingerprint density at radius 2 is 1.72 bits per heavy atom. The molecule has 1 aromatic rings. The summed E-state index contributed by atoms with van der Waals surface area (Å²) in [4.78, 5) is 34.1. The second kappa shape index (κ2) is 4.23. The number of nitrogens with zero attached hydrogens (tertiary/aromatic N) is 2. The molecule has 0 radical (unpaired) electrons. The summed E-state index contributed by atoms with van der Waals surface area (Å²) < 4.78 is 0. The first-order valence-electron chi connectivity index (χ1n) is 4.90. The monoisotopic (exact) mass is 266 g/mol. The number of nitro groups is 1. The molecule has 2 rings (SSSR count). The third-order valence-electron chi connectivity index (χ3n) is 2.60. The number of carbonyl (C=O) groups is 2. The number of rotatable bonds is 2. The van der Waals surface area contributed by atoms with Crippen molar-refractivity contribution in [3.05, 3.63) is 45.0 Å². The summed E-state index contributed by atoms with van der Waals surface area (Å²) in [6.45, 7) is 0. The molecule has 92 valence electrons. The van der Waals surface area contributed by atoms with Crippen LogP contribution in [0, 0.1) is 10.1 Å². The van der Waals surface area contributed by atoms with E-state index in [1.165, 1.54) is 31.3 Å². The SMILES string of the molecule is CN1C(=O)C(Cl)=C(c2ccc([N+](=O)[O-])cc2)C1=O. The third kappa shape index (κ3) is 1.76. The Morgan fingerprint density at radius 3 is 2.11 bits per heavy atom. The fourth-order valence-electron chi connectivity index (χ4n) is 1.61. The zero-order chi connectivity index (χ0) is 13.4. The van der Waals surface area contributed by atoms with Crippen molar-refractivity contribution in [1.82, 2.24) is 4.90 Å². The second-order valence-electron chi connectivity index (χ2n) is 3.66. The summed E-state index contributed by atoms with van der Waals surface area (Å²) >= 11 is 5.79. The molecule has 2 amide bonds. The van der Waals surface area contributed by atoms with Crippen LogP contribution in [0.1, 0.15) is 5.56 Å². The van der Waals surface area contributed by atoms with Gasteiger partial charge >= 0.3 is 0 Å². The molecule has 0 fully saturated rings. The highest BCUT2D eigenvalue weighted by atomic mass is 35.5. The zero-order valence-electron chi connectivity index (χ0n) is 9.21. The summed E-state index contributed by atoms with van der Waals surface area (Å²) in [5.74, 6) is -1.09. The van der Waals surface area contributed by atoms with Gasteiger partial charge in [0, 0.05) is 19.2 Å². The van der Waals surface area contributed by atoms with E-state index >= 15 is 0 Å². The summed E-state index contributed by atoms with van der Waals surface area (Å²) in [7, 11) is 1.32. The second-order valence-corrected chi connectivity index (χ2v) is 4.04. The number of halogens is 1. The van der Waals surface area contributed by atoms with Gasteiger partial charge < -0.3 is 0 Å². The van der Waals surface area contributed by atoms with E-state index in [4.69, 9.17) is 11.6 Å². The van der Waals surface area contributed by atoms with Crippen LogP contribution in [0.5, 0.6) is 0 Å². The van der Waals surface area contributed by atoms with Crippen LogP contribution < -0.4 is 0 Å². The Bertz CT molecular complexity index is 592. The Hall–Kier alpha value is -2.21. The lowest BCUT2D eigenvalue weighted by atomic mass is 10.1. The molecule has 18 heavy (non-hydrogen) atoms. The average Bonchev–Trinajstić information content (AvgIpc) is 2.54. The number of hydrogen-bond acceptors (Lipinski definition) is 4. The third-order valence-corrected chi connectivity index (χ3v) is 2.95. The Balaban J connectivity index is 2.47. The van der Waals surface area contributed by atoms with E-state index in [9.17, 15) is 19.7 Å². The molecule has 0 saturated carbocycles. The van der Waals surface area contributed by atoms with E-state index in [0.29, 0.717) is 5.56 Å². The van der Waals surface area contributed by atoms with Gasteiger partial charge in [-0.2, -0.15) is 0 Å². The molecular formula is C11H7ClN2O4. The topological polar surface area (TPSA) is 80.5 Å². The van der Waals surface area contributed by atoms with E-state index in [1.54, 1.807) is 0 Å². The van der Waals surface area contributed by atoms with Gasteiger partial charge in [-0.15, -0.1) is 0 Å². The Morgan fingerprint density at radius 1 is 1.17 bits per heavy atom. The minimum atomic E-state index is -0.574. The van der Waals surface area contributed by atoms with Crippen molar-refractivity contribution in [2.45, 2.75) is 0 Å². The van der Waals surface area contributed by atoms with Crippen molar-refractivity contribution in [2.24, 2.45) is 0 Å². The van der Waals surface area contributed by atoms with Crippen molar-refractivity contribution >= 4 is 34.7 Å². The first kappa shape index (κ1) is 12.3. The lowest BCUT2D eigenvalue weighted by molar-refractivity contribution is -0.384. The molecule has 0 spiro atoms. The highest BCUT2D eigenvalue weighted by Crippen LogP contribution is 2.31. The standard InChI is InChI=1S/C11H7ClN2O4/c1-13-10(15)8(9(12)11(13)16)6-2-4-7(5-3-6)14(17)18/h2-5H,1H3. The minimum Gasteiger partial charge on any atom is -0.277 e. The summed E-state index contributed by atoms with van der Waals surface area (Å²) in [5, 5.41) is 10.3. The van der Waals surface area contributed by atoms with Gasteiger partial charge in [0.15, 0.2) is 0 Å². The normalized spacial score (nSPS) is 15.6. The van der Waals surface area contributed by atoms with E-state index < -0.39 is 16.7 Å². The lowest BCUT2D eigenvalue weighted by Gasteiger charge is -2.06. The van der Waals surface area contributed by atoms with Crippen molar-refractivity contribution in [2.75, 3.05) is 7.05 Å². The van der Waals surface area contributed by atoms with Crippen LogP contribution in [-0.2, 0) is 9.59 Å². The molecule has 6 nitrogen and oxygen atoms in total. The van der Waals surface area contributed by atoms with Crippen LogP contribution in [-0.4, -0.2) is 28.7 Å². The molecule has 1 aromatic carbocycles. The average molecular weight is 267 g/mol.